The van der Waals surface area contributed by atoms with E-state index in [1.807, 2.05) is 26.0 Å². The SMILES string of the molecule is CC(C)[C@@H]1NC(=O)COc2ccc(cc2)CC(C(O)CBr)NC1=O. The van der Waals surface area contributed by atoms with Crippen LogP contribution in [0, 0.1) is 5.92 Å². The van der Waals surface area contributed by atoms with E-state index >= 15 is 0 Å². The number of hydrogen-bond acceptors (Lipinski definition) is 4. The van der Waals surface area contributed by atoms with Crippen LogP contribution < -0.4 is 15.4 Å². The number of aliphatic hydroxyl groups excluding tert-OH is 1. The van der Waals surface area contributed by atoms with Gasteiger partial charge in [0.05, 0.1) is 12.1 Å². The highest BCUT2D eigenvalue weighted by molar-refractivity contribution is 9.09. The summed E-state index contributed by atoms with van der Waals surface area (Å²) in [4.78, 5) is 24.6. The maximum atomic E-state index is 12.6. The maximum absolute atomic E-state index is 12.6. The number of carbonyl (C=O) groups is 2. The fourth-order valence-electron chi connectivity index (χ4n) is 2.54. The Bertz CT molecular complexity index is 576. The Hall–Kier alpha value is -1.60. The normalized spacial score (nSPS) is 23.4. The van der Waals surface area contributed by atoms with Gasteiger partial charge in [0, 0.05) is 5.33 Å². The smallest absolute Gasteiger partial charge is 0.258 e. The Morgan fingerprint density at radius 2 is 1.92 bits per heavy atom. The minimum absolute atomic E-state index is 0.0888. The van der Waals surface area contributed by atoms with Crippen molar-refractivity contribution < 1.29 is 19.4 Å². The molecule has 2 aliphatic rings. The van der Waals surface area contributed by atoms with Crippen molar-refractivity contribution in [3.63, 3.8) is 0 Å². The summed E-state index contributed by atoms with van der Waals surface area (Å²) < 4.78 is 5.44. The van der Waals surface area contributed by atoms with Gasteiger partial charge in [-0.15, -0.1) is 0 Å². The largest absolute Gasteiger partial charge is 0.484 e. The van der Waals surface area contributed by atoms with E-state index in [1.165, 1.54) is 0 Å². The van der Waals surface area contributed by atoms with Crippen LogP contribution in [0.1, 0.15) is 19.4 Å². The standard InChI is InChI=1S/C17H23BrN2O4/c1-10(2)16-17(23)19-13(14(21)8-18)7-11-3-5-12(6-4-11)24-9-15(22)20-16/h3-6,10,13-14,16,21H,7-9H2,1-2H3,(H,19,23)(H,20,22)/t13?,14?,16-/m0/s1. The van der Waals surface area contributed by atoms with Gasteiger partial charge in [-0.05, 0) is 30.0 Å². The van der Waals surface area contributed by atoms with Gasteiger partial charge in [-0.2, -0.15) is 0 Å². The fourth-order valence-corrected chi connectivity index (χ4v) is 2.99. The molecular formula is C17H23BrN2O4. The lowest BCUT2D eigenvalue weighted by Gasteiger charge is -2.27. The molecule has 0 aliphatic carbocycles. The van der Waals surface area contributed by atoms with Gasteiger partial charge in [0.2, 0.25) is 5.91 Å². The molecule has 1 aromatic carbocycles. The molecule has 2 aliphatic heterocycles. The van der Waals surface area contributed by atoms with Crippen LogP contribution in [0.5, 0.6) is 5.75 Å². The van der Waals surface area contributed by atoms with E-state index in [1.54, 1.807) is 12.1 Å². The third kappa shape index (κ3) is 4.95. The van der Waals surface area contributed by atoms with Gasteiger partial charge >= 0.3 is 0 Å². The van der Waals surface area contributed by atoms with Crippen molar-refractivity contribution in [2.75, 3.05) is 11.9 Å². The highest BCUT2D eigenvalue weighted by Crippen LogP contribution is 2.16. The summed E-state index contributed by atoms with van der Waals surface area (Å²) in [6.07, 6.45) is -0.254. The van der Waals surface area contributed by atoms with E-state index in [-0.39, 0.29) is 24.3 Å². The van der Waals surface area contributed by atoms with E-state index in [0.717, 1.165) is 5.56 Å². The molecule has 3 atom stereocenters. The lowest BCUT2D eigenvalue weighted by Crippen LogP contribution is -2.55. The van der Waals surface area contributed by atoms with Gasteiger partial charge in [-0.3, -0.25) is 9.59 Å². The number of nitrogens with one attached hydrogen (secondary N) is 2. The van der Waals surface area contributed by atoms with Crippen LogP contribution >= 0.6 is 15.9 Å². The minimum Gasteiger partial charge on any atom is -0.484 e. The van der Waals surface area contributed by atoms with Crippen molar-refractivity contribution >= 4 is 27.7 Å². The summed E-state index contributed by atoms with van der Waals surface area (Å²) in [6, 6.07) is 6.15. The van der Waals surface area contributed by atoms with Gasteiger partial charge in [-0.1, -0.05) is 41.9 Å². The van der Waals surface area contributed by atoms with E-state index in [0.29, 0.717) is 17.5 Å². The van der Waals surface area contributed by atoms with Crippen LogP contribution in [0.3, 0.4) is 0 Å². The molecule has 2 unspecified atom stereocenters. The Kier molecular flexibility index (Phi) is 6.62. The van der Waals surface area contributed by atoms with Gasteiger partial charge in [0.15, 0.2) is 6.61 Å². The summed E-state index contributed by atoms with van der Waals surface area (Å²) in [5.41, 5.74) is 0.965. The molecule has 24 heavy (non-hydrogen) atoms. The van der Waals surface area contributed by atoms with Crippen molar-refractivity contribution in [2.24, 2.45) is 5.92 Å². The molecule has 0 saturated carbocycles. The molecule has 0 saturated heterocycles. The lowest BCUT2D eigenvalue weighted by molar-refractivity contribution is -0.131. The Morgan fingerprint density at radius 3 is 2.50 bits per heavy atom. The van der Waals surface area contributed by atoms with Crippen molar-refractivity contribution in [3.05, 3.63) is 29.8 Å². The number of rotatable bonds is 3. The Morgan fingerprint density at radius 1 is 1.25 bits per heavy atom. The molecule has 1 aromatic rings. The van der Waals surface area contributed by atoms with E-state index in [9.17, 15) is 14.7 Å². The van der Waals surface area contributed by atoms with Crippen molar-refractivity contribution in [2.45, 2.75) is 38.5 Å². The predicted octanol–water partition coefficient (Wildman–Crippen LogP) is 1.00. The van der Waals surface area contributed by atoms with Gasteiger partial charge in [0.1, 0.15) is 11.8 Å². The molecule has 3 rings (SSSR count). The first kappa shape index (κ1) is 18.7. The zero-order valence-electron chi connectivity index (χ0n) is 13.8. The fraction of sp³-hybridized carbons (Fsp3) is 0.529. The van der Waals surface area contributed by atoms with Crippen molar-refractivity contribution in [1.82, 2.24) is 10.6 Å². The first-order chi connectivity index (χ1) is 11.4. The molecule has 0 fully saturated rings. The van der Waals surface area contributed by atoms with Gasteiger partial charge in [-0.25, -0.2) is 0 Å². The molecule has 2 bridgehead atoms. The molecule has 0 spiro atoms. The van der Waals surface area contributed by atoms with Crippen molar-refractivity contribution in [1.29, 1.82) is 0 Å². The van der Waals surface area contributed by atoms with Crippen LogP contribution in [0.15, 0.2) is 24.3 Å². The summed E-state index contributed by atoms with van der Waals surface area (Å²) in [5.74, 6) is -0.164. The zero-order chi connectivity index (χ0) is 17.7. The first-order valence-electron chi connectivity index (χ1n) is 7.96. The lowest BCUT2D eigenvalue weighted by atomic mass is 9.99. The third-order valence-corrected chi connectivity index (χ3v) is 4.63. The third-order valence-electron chi connectivity index (χ3n) is 3.96. The number of amides is 2. The second kappa shape index (κ2) is 8.48. The molecule has 6 nitrogen and oxygen atoms in total. The van der Waals surface area contributed by atoms with Crippen molar-refractivity contribution in [3.8, 4) is 5.75 Å². The quantitative estimate of drug-likeness (QED) is 0.523. The molecule has 0 aromatic heterocycles. The highest BCUT2D eigenvalue weighted by Gasteiger charge is 2.29. The molecule has 3 N–H and O–H groups in total. The number of hydrogen-bond donors (Lipinski definition) is 3. The second-order valence-corrected chi connectivity index (χ2v) is 6.91. The van der Waals surface area contributed by atoms with Crippen LogP contribution in [0.25, 0.3) is 0 Å². The molecule has 132 valence electrons. The number of ether oxygens (including phenoxy) is 1. The monoisotopic (exact) mass is 398 g/mol. The molecule has 0 radical (unpaired) electrons. The number of halogens is 1. The van der Waals surface area contributed by atoms with Crippen LogP contribution in [0.4, 0.5) is 0 Å². The second-order valence-electron chi connectivity index (χ2n) is 6.26. The average Bonchev–Trinajstić information content (AvgIpc) is 2.58. The molecule has 2 amide bonds. The highest BCUT2D eigenvalue weighted by atomic mass is 79.9. The predicted molar refractivity (Wildman–Crippen MR) is 94.1 cm³/mol. The number of carbonyl (C=O) groups excluding carboxylic acids is 2. The zero-order valence-corrected chi connectivity index (χ0v) is 15.4. The number of aliphatic hydroxyl groups is 1. The van der Waals surface area contributed by atoms with Crippen LogP contribution in [-0.4, -0.2) is 47.0 Å². The Balaban J connectivity index is 2.30. The molecule has 7 heteroatoms. The summed E-state index contributed by atoms with van der Waals surface area (Å²) in [6.45, 7) is 3.56. The molecule has 2 heterocycles. The number of fused-ring (bicyclic) bond motifs is 10. The summed E-state index contributed by atoms with van der Waals surface area (Å²) in [7, 11) is 0. The van der Waals surface area contributed by atoms with Crippen LogP contribution in [0.2, 0.25) is 0 Å². The first-order valence-corrected chi connectivity index (χ1v) is 9.08. The number of benzene rings is 1. The van der Waals surface area contributed by atoms with E-state index < -0.39 is 18.2 Å². The van der Waals surface area contributed by atoms with Gasteiger partial charge in [0.25, 0.3) is 5.91 Å². The topological polar surface area (TPSA) is 87.7 Å². The minimum atomic E-state index is -0.737. The Labute approximate surface area is 150 Å². The van der Waals surface area contributed by atoms with E-state index in [2.05, 4.69) is 26.6 Å². The summed E-state index contributed by atoms with van der Waals surface area (Å²) >= 11 is 3.26. The summed E-state index contributed by atoms with van der Waals surface area (Å²) in [5, 5.41) is 16.1. The van der Waals surface area contributed by atoms with Gasteiger partial charge < -0.3 is 20.5 Å². The average molecular weight is 399 g/mol. The molecular weight excluding hydrogens is 376 g/mol. The van der Waals surface area contributed by atoms with Crippen LogP contribution in [-0.2, 0) is 16.0 Å². The number of alkyl halides is 1. The maximum Gasteiger partial charge on any atom is 0.258 e. The van der Waals surface area contributed by atoms with E-state index in [4.69, 9.17) is 4.74 Å².